The molecule has 4 rings (SSSR count). The lowest BCUT2D eigenvalue weighted by atomic mass is 10.0. The molecule has 0 saturated heterocycles. The number of hydrogen-bond donors (Lipinski definition) is 0. The highest BCUT2D eigenvalue weighted by Gasteiger charge is 1.98. The van der Waals surface area contributed by atoms with Crippen LogP contribution in [0.3, 0.4) is 0 Å². The van der Waals surface area contributed by atoms with Gasteiger partial charge in [0, 0.05) is 0 Å². The second-order valence-electron chi connectivity index (χ2n) is 6.39. The van der Waals surface area contributed by atoms with Crippen molar-refractivity contribution in [1.82, 2.24) is 0 Å². The molecule has 0 heterocycles. The Morgan fingerprint density at radius 2 is 0.577 bits per heavy atom. The van der Waals surface area contributed by atoms with Crippen molar-refractivity contribution in [3.63, 3.8) is 0 Å². The van der Waals surface area contributed by atoms with E-state index in [-0.39, 0.29) is 0 Å². The van der Waals surface area contributed by atoms with Gasteiger partial charge in [-0.2, -0.15) is 0 Å². The molecule has 0 radical (unpaired) electrons. The van der Waals surface area contributed by atoms with Crippen LogP contribution in [-0.2, 0) is 0 Å². The maximum atomic E-state index is 2.18. The number of aryl methyl sites for hydroxylation is 2. The largest absolute Gasteiger partial charge is 0.0622 e. The summed E-state index contributed by atoms with van der Waals surface area (Å²) in [6.07, 6.45) is 0. The van der Waals surface area contributed by atoms with Crippen molar-refractivity contribution >= 4 is 0 Å². The Morgan fingerprint density at radius 3 is 0.885 bits per heavy atom. The number of benzene rings is 4. The van der Waals surface area contributed by atoms with Crippen molar-refractivity contribution in [3.8, 4) is 22.3 Å². The average Bonchev–Trinajstić information content (AvgIpc) is 2.72. The van der Waals surface area contributed by atoms with Crippen molar-refractivity contribution in [1.29, 1.82) is 0 Å². The Balaban J connectivity index is 0.000000206. The Morgan fingerprint density at radius 1 is 0.308 bits per heavy atom. The van der Waals surface area contributed by atoms with Gasteiger partial charge in [-0.15, -0.1) is 0 Å². The van der Waals surface area contributed by atoms with E-state index in [2.05, 4.69) is 111 Å². The minimum atomic E-state index is 1.26. The molecule has 128 valence electrons. The highest BCUT2D eigenvalue weighted by Crippen LogP contribution is 2.24. The lowest BCUT2D eigenvalue weighted by Gasteiger charge is -2.04. The Bertz CT molecular complexity index is 841. The first-order valence-corrected chi connectivity index (χ1v) is 8.97. The van der Waals surface area contributed by atoms with Gasteiger partial charge in [0.1, 0.15) is 0 Å². The van der Waals surface area contributed by atoms with Gasteiger partial charge in [-0.05, 0) is 47.2 Å². The molecule has 0 nitrogen and oxygen atoms in total. The summed E-state index contributed by atoms with van der Waals surface area (Å²) >= 11 is 0. The van der Waals surface area contributed by atoms with Gasteiger partial charge in [0.05, 0.1) is 0 Å². The van der Waals surface area contributed by atoms with Crippen LogP contribution >= 0.6 is 0 Å². The van der Waals surface area contributed by atoms with Crippen LogP contribution in [0.2, 0.25) is 0 Å². The molecule has 4 aromatic rings. The third-order valence-electron chi connectivity index (χ3n) is 4.52. The molecule has 0 bridgehead atoms. The standard InChI is InChI=1S/C18H14.C8H10/c1-3-7-15(8-4-1)17-11-13-18(14-12-17)16-9-5-2-6-10-16;1-7-5-3-4-6-8(7)2/h1-14H;3-6H,1-2H3. The lowest BCUT2D eigenvalue weighted by molar-refractivity contribution is 1.34. The van der Waals surface area contributed by atoms with Crippen LogP contribution in [0, 0.1) is 13.8 Å². The van der Waals surface area contributed by atoms with Crippen LogP contribution in [0.5, 0.6) is 0 Å². The summed E-state index contributed by atoms with van der Waals surface area (Å²) in [7, 11) is 0. The van der Waals surface area contributed by atoms with Crippen molar-refractivity contribution in [3.05, 3.63) is 120 Å². The average molecular weight is 336 g/mol. The van der Waals surface area contributed by atoms with Crippen LogP contribution in [0.15, 0.2) is 109 Å². The van der Waals surface area contributed by atoms with E-state index in [1.807, 2.05) is 12.1 Å². The summed E-state index contributed by atoms with van der Waals surface area (Å²) in [6.45, 7) is 4.24. The van der Waals surface area contributed by atoms with Crippen LogP contribution < -0.4 is 0 Å². The topological polar surface area (TPSA) is 0 Å². The van der Waals surface area contributed by atoms with E-state index in [1.54, 1.807) is 0 Å². The monoisotopic (exact) mass is 336 g/mol. The number of hydrogen-bond acceptors (Lipinski definition) is 0. The van der Waals surface area contributed by atoms with Crippen molar-refractivity contribution in [2.24, 2.45) is 0 Å². The zero-order valence-electron chi connectivity index (χ0n) is 15.4. The normalized spacial score (nSPS) is 9.92. The third kappa shape index (κ3) is 4.70. The summed E-state index contributed by atoms with van der Waals surface area (Å²) in [5.74, 6) is 0. The van der Waals surface area contributed by atoms with Gasteiger partial charge < -0.3 is 0 Å². The second-order valence-corrected chi connectivity index (χ2v) is 6.39. The van der Waals surface area contributed by atoms with E-state index in [0.29, 0.717) is 0 Å². The van der Waals surface area contributed by atoms with Gasteiger partial charge >= 0.3 is 0 Å². The predicted octanol–water partition coefficient (Wildman–Crippen LogP) is 7.32. The molecule has 0 heteroatoms. The van der Waals surface area contributed by atoms with Crippen molar-refractivity contribution < 1.29 is 0 Å². The molecule has 26 heavy (non-hydrogen) atoms. The molecule has 0 saturated carbocycles. The molecule has 0 fully saturated rings. The summed E-state index contributed by atoms with van der Waals surface area (Å²) in [5, 5.41) is 0. The molecule has 0 aliphatic heterocycles. The van der Waals surface area contributed by atoms with Gasteiger partial charge in [0.25, 0.3) is 0 Å². The summed E-state index contributed by atoms with van der Waals surface area (Å²) < 4.78 is 0. The van der Waals surface area contributed by atoms with Crippen molar-refractivity contribution in [2.75, 3.05) is 0 Å². The lowest BCUT2D eigenvalue weighted by Crippen LogP contribution is -1.79. The van der Waals surface area contributed by atoms with E-state index in [4.69, 9.17) is 0 Å². The molecule has 4 aromatic carbocycles. The fraction of sp³-hybridized carbons (Fsp3) is 0.0769. The van der Waals surface area contributed by atoms with Gasteiger partial charge in [0.2, 0.25) is 0 Å². The highest BCUT2D eigenvalue weighted by atomic mass is 14.0. The molecular formula is C26H24. The first-order chi connectivity index (χ1) is 12.7. The zero-order chi connectivity index (χ0) is 18.2. The van der Waals surface area contributed by atoms with E-state index in [1.165, 1.54) is 33.4 Å². The molecular weight excluding hydrogens is 312 g/mol. The van der Waals surface area contributed by atoms with Crippen LogP contribution in [0.1, 0.15) is 11.1 Å². The molecule has 0 spiro atoms. The quantitative estimate of drug-likeness (QED) is 0.359. The van der Waals surface area contributed by atoms with Gasteiger partial charge in [-0.3, -0.25) is 0 Å². The van der Waals surface area contributed by atoms with E-state index in [0.717, 1.165) is 0 Å². The van der Waals surface area contributed by atoms with Gasteiger partial charge in [0.15, 0.2) is 0 Å². The molecule has 0 N–H and O–H groups in total. The third-order valence-corrected chi connectivity index (χ3v) is 4.52. The van der Waals surface area contributed by atoms with E-state index < -0.39 is 0 Å². The molecule has 0 unspecified atom stereocenters. The first-order valence-electron chi connectivity index (χ1n) is 8.97. The second kappa shape index (κ2) is 8.82. The minimum Gasteiger partial charge on any atom is -0.0622 e. The smallest absolute Gasteiger partial charge is 0.0184 e. The van der Waals surface area contributed by atoms with Crippen LogP contribution in [0.4, 0.5) is 0 Å². The van der Waals surface area contributed by atoms with Gasteiger partial charge in [-0.25, -0.2) is 0 Å². The molecule has 0 aliphatic carbocycles. The van der Waals surface area contributed by atoms with Crippen molar-refractivity contribution in [2.45, 2.75) is 13.8 Å². The number of rotatable bonds is 2. The Labute approximate surface area is 156 Å². The Hall–Kier alpha value is -3.12. The fourth-order valence-electron chi connectivity index (χ4n) is 2.78. The van der Waals surface area contributed by atoms with Crippen LogP contribution in [0.25, 0.3) is 22.3 Å². The molecule has 0 aromatic heterocycles. The predicted molar refractivity (Wildman–Crippen MR) is 113 cm³/mol. The summed E-state index contributed by atoms with van der Waals surface area (Å²) in [5.41, 5.74) is 7.78. The molecule has 0 atom stereocenters. The highest BCUT2D eigenvalue weighted by molar-refractivity contribution is 5.70. The minimum absolute atomic E-state index is 1.26. The van der Waals surface area contributed by atoms with Crippen LogP contribution in [-0.4, -0.2) is 0 Å². The SMILES string of the molecule is Cc1ccccc1C.c1ccc(-c2ccc(-c3ccccc3)cc2)cc1. The Kier molecular flexibility index (Phi) is 6.01. The van der Waals surface area contributed by atoms with Gasteiger partial charge in [-0.1, -0.05) is 109 Å². The molecule has 0 aliphatic rings. The fourth-order valence-corrected chi connectivity index (χ4v) is 2.78. The van der Waals surface area contributed by atoms with E-state index >= 15 is 0 Å². The maximum Gasteiger partial charge on any atom is -0.0184 e. The first kappa shape index (κ1) is 17.7. The summed E-state index contributed by atoms with van der Waals surface area (Å²) in [6, 6.07) is 38.0. The maximum absolute atomic E-state index is 2.18. The summed E-state index contributed by atoms with van der Waals surface area (Å²) in [4.78, 5) is 0. The zero-order valence-corrected chi connectivity index (χ0v) is 15.4. The molecule has 0 amide bonds. The van der Waals surface area contributed by atoms with E-state index in [9.17, 15) is 0 Å².